The third kappa shape index (κ3) is 2.24. The lowest BCUT2D eigenvalue weighted by Gasteiger charge is -2.24. The number of nitro groups is 1. The van der Waals surface area contributed by atoms with E-state index in [-0.39, 0.29) is 17.4 Å². The average Bonchev–Trinajstić information content (AvgIpc) is 2.38. The summed E-state index contributed by atoms with van der Waals surface area (Å²) in [5.41, 5.74) is 0.731. The third-order valence-electron chi connectivity index (χ3n) is 2.54. The Balaban J connectivity index is 2.16. The zero-order valence-electron chi connectivity index (χ0n) is 9.54. The summed E-state index contributed by atoms with van der Waals surface area (Å²) in [6.07, 6.45) is 1.04. The van der Waals surface area contributed by atoms with Crippen molar-refractivity contribution in [2.75, 3.05) is 7.11 Å². The Labute approximate surface area is 103 Å². The van der Waals surface area contributed by atoms with Crippen molar-refractivity contribution in [3.05, 3.63) is 51.9 Å². The van der Waals surface area contributed by atoms with E-state index in [1.807, 2.05) is 0 Å². The smallest absolute Gasteiger partial charge is 0.289 e. The fourth-order valence-electron chi connectivity index (χ4n) is 1.59. The quantitative estimate of drug-likeness (QED) is 0.610. The average molecular weight is 249 g/mol. The van der Waals surface area contributed by atoms with Gasteiger partial charge in [0, 0.05) is 18.3 Å². The third-order valence-corrected chi connectivity index (χ3v) is 2.54. The molecule has 7 heteroatoms. The molecule has 1 aliphatic rings. The van der Waals surface area contributed by atoms with E-state index in [0.29, 0.717) is 0 Å². The van der Waals surface area contributed by atoms with E-state index in [1.165, 1.54) is 25.4 Å². The van der Waals surface area contributed by atoms with Gasteiger partial charge in [0.25, 0.3) is 11.6 Å². The molecule has 1 heterocycles. The molecule has 1 aromatic rings. The van der Waals surface area contributed by atoms with Gasteiger partial charge in [-0.3, -0.25) is 14.9 Å². The Kier molecular flexibility index (Phi) is 3.13. The van der Waals surface area contributed by atoms with E-state index in [4.69, 9.17) is 4.74 Å². The van der Waals surface area contributed by atoms with Gasteiger partial charge in [-0.15, -0.1) is 0 Å². The standard InChI is InChI=1S/C11H11N3O4/c1-18-9-6-12-10(13-11(9)15)7-2-4-8(5-3-7)14(16)17/h2-6,10,12H,1H3,(H,13,15). The van der Waals surface area contributed by atoms with E-state index in [0.717, 1.165) is 5.56 Å². The fourth-order valence-corrected chi connectivity index (χ4v) is 1.59. The Hall–Kier alpha value is -2.57. The molecule has 0 saturated heterocycles. The summed E-state index contributed by atoms with van der Waals surface area (Å²) in [6.45, 7) is 0. The summed E-state index contributed by atoms with van der Waals surface area (Å²) in [5.74, 6) is -0.146. The van der Waals surface area contributed by atoms with Gasteiger partial charge < -0.3 is 15.4 Å². The minimum atomic E-state index is -0.473. The van der Waals surface area contributed by atoms with Gasteiger partial charge >= 0.3 is 0 Å². The lowest BCUT2D eigenvalue weighted by atomic mass is 10.1. The molecular formula is C11H11N3O4. The SMILES string of the molecule is COC1=CNC(c2ccc([N+](=O)[O-])cc2)NC1=O. The highest BCUT2D eigenvalue weighted by Crippen LogP contribution is 2.18. The number of non-ortho nitro benzene ring substituents is 1. The summed E-state index contributed by atoms with van der Waals surface area (Å²) < 4.78 is 4.84. The van der Waals surface area contributed by atoms with Crippen LogP contribution in [0.5, 0.6) is 0 Å². The number of ether oxygens (including phenoxy) is 1. The minimum Gasteiger partial charge on any atom is -0.490 e. The van der Waals surface area contributed by atoms with Crippen LogP contribution in [-0.4, -0.2) is 17.9 Å². The van der Waals surface area contributed by atoms with Crippen molar-refractivity contribution in [1.29, 1.82) is 0 Å². The van der Waals surface area contributed by atoms with E-state index < -0.39 is 11.1 Å². The van der Waals surface area contributed by atoms with E-state index in [1.54, 1.807) is 12.1 Å². The molecule has 1 aromatic carbocycles. The number of rotatable bonds is 3. The van der Waals surface area contributed by atoms with Crippen LogP contribution >= 0.6 is 0 Å². The number of nitro benzene ring substituents is 1. The van der Waals surface area contributed by atoms with Crippen molar-refractivity contribution in [2.45, 2.75) is 6.17 Å². The summed E-state index contributed by atoms with van der Waals surface area (Å²) in [5, 5.41) is 16.1. The normalized spacial score (nSPS) is 18.4. The first-order valence-corrected chi connectivity index (χ1v) is 5.17. The molecule has 0 fully saturated rings. The van der Waals surface area contributed by atoms with Crippen LogP contribution in [0.2, 0.25) is 0 Å². The molecule has 2 rings (SSSR count). The van der Waals surface area contributed by atoms with Crippen molar-refractivity contribution in [3.8, 4) is 0 Å². The molecule has 1 amide bonds. The predicted molar refractivity (Wildman–Crippen MR) is 62.2 cm³/mol. The summed E-state index contributed by atoms with van der Waals surface area (Å²) >= 11 is 0. The first-order valence-electron chi connectivity index (χ1n) is 5.17. The first-order chi connectivity index (χ1) is 8.61. The number of amides is 1. The van der Waals surface area contributed by atoms with Gasteiger partial charge in [-0.1, -0.05) is 0 Å². The van der Waals surface area contributed by atoms with Crippen LogP contribution in [0.15, 0.2) is 36.2 Å². The highest BCUT2D eigenvalue weighted by molar-refractivity contribution is 5.92. The summed E-state index contributed by atoms with van der Waals surface area (Å²) in [4.78, 5) is 21.6. The molecule has 0 radical (unpaired) electrons. The molecule has 0 spiro atoms. The molecular weight excluding hydrogens is 238 g/mol. The van der Waals surface area contributed by atoms with Crippen molar-refractivity contribution in [1.82, 2.24) is 10.6 Å². The van der Waals surface area contributed by atoms with Gasteiger partial charge in [0.05, 0.1) is 12.0 Å². The molecule has 0 aliphatic carbocycles. The topological polar surface area (TPSA) is 93.5 Å². The molecule has 0 aromatic heterocycles. The second-order valence-corrected chi connectivity index (χ2v) is 3.63. The van der Waals surface area contributed by atoms with Crippen LogP contribution < -0.4 is 10.6 Å². The van der Waals surface area contributed by atoms with Gasteiger partial charge in [-0.05, 0) is 17.7 Å². The molecule has 0 saturated carbocycles. The van der Waals surface area contributed by atoms with Crippen LogP contribution in [-0.2, 0) is 9.53 Å². The second-order valence-electron chi connectivity index (χ2n) is 3.63. The van der Waals surface area contributed by atoms with Crippen molar-refractivity contribution in [3.63, 3.8) is 0 Å². The lowest BCUT2D eigenvalue weighted by molar-refractivity contribution is -0.384. The maximum Gasteiger partial charge on any atom is 0.289 e. The van der Waals surface area contributed by atoms with Crippen LogP contribution in [0.3, 0.4) is 0 Å². The first kappa shape index (κ1) is 11.9. The Morgan fingerprint density at radius 2 is 2.00 bits per heavy atom. The number of nitrogens with one attached hydrogen (secondary N) is 2. The Bertz CT molecular complexity index is 510. The number of methoxy groups -OCH3 is 1. The Morgan fingerprint density at radius 1 is 1.33 bits per heavy atom. The number of carbonyl (C=O) groups excluding carboxylic acids is 1. The number of hydrogen-bond donors (Lipinski definition) is 2. The number of hydrogen-bond acceptors (Lipinski definition) is 5. The van der Waals surface area contributed by atoms with Gasteiger partial charge in [-0.2, -0.15) is 0 Å². The highest BCUT2D eigenvalue weighted by atomic mass is 16.6. The molecule has 0 bridgehead atoms. The highest BCUT2D eigenvalue weighted by Gasteiger charge is 2.22. The fraction of sp³-hybridized carbons (Fsp3) is 0.182. The summed E-state index contributed by atoms with van der Waals surface area (Å²) in [6, 6.07) is 5.95. The second kappa shape index (κ2) is 4.74. The van der Waals surface area contributed by atoms with Crippen molar-refractivity contribution < 1.29 is 14.5 Å². The molecule has 94 valence electrons. The maximum atomic E-state index is 11.5. The largest absolute Gasteiger partial charge is 0.490 e. The molecule has 1 atom stereocenters. The molecule has 1 aliphatic heterocycles. The van der Waals surface area contributed by atoms with Gasteiger partial charge in [0.2, 0.25) is 0 Å². The molecule has 2 N–H and O–H groups in total. The Morgan fingerprint density at radius 3 is 2.50 bits per heavy atom. The van der Waals surface area contributed by atoms with Crippen LogP contribution in [0.25, 0.3) is 0 Å². The lowest BCUT2D eigenvalue weighted by Crippen LogP contribution is -2.41. The number of carbonyl (C=O) groups is 1. The molecule has 18 heavy (non-hydrogen) atoms. The maximum absolute atomic E-state index is 11.5. The van der Waals surface area contributed by atoms with Gasteiger partial charge in [0.15, 0.2) is 5.76 Å². The van der Waals surface area contributed by atoms with Crippen LogP contribution in [0.4, 0.5) is 5.69 Å². The van der Waals surface area contributed by atoms with E-state index >= 15 is 0 Å². The van der Waals surface area contributed by atoms with E-state index in [2.05, 4.69) is 10.6 Å². The van der Waals surface area contributed by atoms with Crippen LogP contribution in [0, 0.1) is 10.1 Å². The number of nitrogens with zero attached hydrogens (tertiary/aromatic N) is 1. The van der Waals surface area contributed by atoms with Gasteiger partial charge in [-0.25, -0.2) is 0 Å². The van der Waals surface area contributed by atoms with Crippen molar-refractivity contribution >= 4 is 11.6 Å². The van der Waals surface area contributed by atoms with E-state index in [9.17, 15) is 14.9 Å². The van der Waals surface area contributed by atoms with Crippen molar-refractivity contribution in [2.24, 2.45) is 0 Å². The molecule has 1 unspecified atom stereocenters. The van der Waals surface area contributed by atoms with Gasteiger partial charge in [0.1, 0.15) is 6.17 Å². The molecule has 7 nitrogen and oxygen atoms in total. The van der Waals surface area contributed by atoms with Crippen LogP contribution in [0.1, 0.15) is 11.7 Å². The number of benzene rings is 1. The monoisotopic (exact) mass is 249 g/mol. The minimum absolute atomic E-state index is 0.00834. The zero-order valence-corrected chi connectivity index (χ0v) is 9.54. The zero-order chi connectivity index (χ0) is 13.1. The predicted octanol–water partition coefficient (Wildman–Crippen LogP) is 0.801. The summed E-state index contributed by atoms with van der Waals surface area (Å²) in [7, 11) is 1.40.